The molecule has 1 aromatic heterocycles. The third-order valence-corrected chi connectivity index (χ3v) is 3.91. The minimum atomic E-state index is -1.09. The van der Waals surface area contributed by atoms with Crippen LogP contribution in [-0.2, 0) is 4.79 Å². The topological polar surface area (TPSA) is 89.9 Å². The third kappa shape index (κ3) is 3.05. The number of hydrogen-bond donors (Lipinski definition) is 3. The number of carboxylic acids is 1. The van der Waals surface area contributed by atoms with Gasteiger partial charge in [0.2, 0.25) is 0 Å². The number of carbonyl (C=O) groups excluding carboxylic acids is 1. The van der Waals surface area contributed by atoms with Crippen LogP contribution in [-0.4, -0.2) is 45.8 Å². The highest BCUT2D eigenvalue weighted by Crippen LogP contribution is 2.20. The van der Waals surface area contributed by atoms with E-state index in [-0.39, 0.29) is 19.0 Å². The Labute approximate surface area is 114 Å². The molecule has 0 bridgehead atoms. The molecule has 0 spiro atoms. The number of hydrogen-bond acceptors (Lipinski definition) is 4. The van der Waals surface area contributed by atoms with Crippen molar-refractivity contribution in [3.8, 4) is 0 Å². The number of amides is 2. The second kappa shape index (κ2) is 5.58. The van der Waals surface area contributed by atoms with Crippen LogP contribution in [0, 0.1) is 0 Å². The molecule has 0 aliphatic carbocycles. The number of aliphatic hydroxyl groups is 1. The lowest BCUT2D eigenvalue weighted by atomic mass is 10.2. The second-order valence-corrected chi connectivity index (χ2v) is 5.40. The largest absolute Gasteiger partial charge is 0.480 e. The molecule has 1 aliphatic rings. The summed E-state index contributed by atoms with van der Waals surface area (Å²) < 4.78 is 0. The van der Waals surface area contributed by atoms with Crippen LogP contribution in [0.15, 0.2) is 16.8 Å². The van der Waals surface area contributed by atoms with Gasteiger partial charge in [-0.3, -0.25) is 0 Å². The van der Waals surface area contributed by atoms with Crippen LogP contribution >= 0.6 is 11.3 Å². The van der Waals surface area contributed by atoms with Crippen LogP contribution in [0.25, 0.3) is 0 Å². The highest BCUT2D eigenvalue weighted by Gasteiger charge is 2.39. The number of urea groups is 1. The van der Waals surface area contributed by atoms with Crippen molar-refractivity contribution in [1.29, 1.82) is 0 Å². The predicted molar refractivity (Wildman–Crippen MR) is 70.0 cm³/mol. The average Bonchev–Trinajstić information content (AvgIpc) is 2.96. The van der Waals surface area contributed by atoms with Gasteiger partial charge in [-0.25, -0.2) is 9.59 Å². The van der Waals surface area contributed by atoms with Crippen molar-refractivity contribution in [2.24, 2.45) is 0 Å². The minimum Gasteiger partial charge on any atom is -0.480 e. The Balaban J connectivity index is 2.01. The summed E-state index contributed by atoms with van der Waals surface area (Å²) in [4.78, 5) is 24.3. The van der Waals surface area contributed by atoms with Crippen molar-refractivity contribution in [2.45, 2.75) is 31.5 Å². The summed E-state index contributed by atoms with van der Waals surface area (Å²) in [7, 11) is 0. The molecular formula is C12H16N2O4S. The molecule has 6 nitrogen and oxygen atoms in total. The fraction of sp³-hybridized carbons (Fsp3) is 0.500. The first-order valence-corrected chi connectivity index (χ1v) is 6.93. The summed E-state index contributed by atoms with van der Waals surface area (Å²) in [6.07, 6.45) is -0.696. The first-order valence-electron chi connectivity index (χ1n) is 5.99. The van der Waals surface area contributed by atoms with Gasteiger partial charge in [0.25, 0.3) is 0 Å². The van der Waals surface area contributed by atoms with Gasteiger partial charge in [0, 0.05) is 13.0 Å². The van der Waals surface area contributed by atoms with Crippen molar-refractivity contribution >= 4 is 23.3 Å². The molecule has 1 aromatic rings. The molecule has 7 heteroatoms. The highest BCUT2D eigenvalue weighted by atomic mass is 32.1. The Kier molecular flexibility index (Phi) is 4.06. The van der Waals surface area contributed by atoms with E-state index in [0.29, 0.717) is 0 Å². The lowest BCUT2D eigenvalue weighted by molar-refractivity contribution is -0.141. The van der Waals surface area contributed by atoms with E-state index in [2.05, 4.69) is 5.32 Å². The molecule has 0 radical (unpaired) electrons. The molecule has 1 fully saturated rings. The van der Waals surface area contributed by atoms with Gasteiger partial charge in [-0.2, -0.15) is 11.3 Å². The van der Waals surface area contributed by atoms with Gasteiger partial charge in [-0.05, 0) is 29.3 Å². The summed E-state index contributed by atoms with van der Waals surface area (Å²) >= 11 is 1.53. The van der Waals surface area contributed by atoms with E-state index >= 15 is 0 Å². The summed E-state index contributed by atoms with van der Waals surface area (Å²) in [5.74, 6) is -1.09. The number of carboxylic acid groups (broad SMARTS) is 1. The molecule has 2 rings (SSSR count). The SMILES string of the molecule is CC(NC(=O)N1CC(O)C[C@H]1C(=O)O)c1ccsc1. The molecule has 1 saturated heterocycles. The molecule has 104 valence electrons. The first kappa shape index (κ1) is 13.8. The van der Waals surface area contributed by atoms with E-state index in [1.54, 1.807) is 0 Å². The Morgan fingerprint density at radius 2 is 2.32 bits per heavy atom. The van der Waals surface area contributed by atoms with Crippen molar-refractivity contribution in [3.63, 3.8) is 0 Å². The number of carbonyl (C=O) groups is 2. The zero-order chi connectivity index (χ0) is 14.0. The summed E-state index contributed by atoms with van der Waals surface area (Å²) in [5, 5.41) is 25.1. The van der Waals surface area contributed by atoms with Crippen LogP contribution < -0.4 is 5.32 Å². The molecular weight excluding hydrogens is 268 g/mol. The van der Waals surface area contributed by atoms with Crippen LogP contribution in [0.5, 0.6) is 0 Å². The van der Waals surface area contributed by atoms with Crippen molar-refractivity contribution in [2.75, 3.05) is 6.54 Å². The Morgan fingerprint density at radius 3 is 2.89 bits per heavy atom. The predicted octanol–water partition coefficient (Wildman–Crippen LogP) is 1.04. The number of likely N-dealkylation sites (tertiary alicyclic amines) is 1. The second-order valence-electron chi connectivity index (χ2n) is 4.62. The number of nitrogens with one attached hydrogen (secondary N) is 1. The molecule has 3 N–H and O–H groups in total. The number of rotatable bonds is 3. The lowest BCUT2D eigenvalue weighted by Gasteiger charge is -2.23. The Bertz CT molecular complexity index is 462. The standard InChI is InChI=1S/C12H16N2O4S/c1-7(8-2-3-19-6-8)13-12(18)14-5-9(15)4-10(14)11(16)17/h2-3,6-7,9-10,15H,4-5H2,1H3,(H,13,18)(H,16,17)/t7?,9?,10-/m0/s1. The van der Waals surface area contributed by atoms with E-state index in [9.17, 15) is 14.7 Å². The van der Waals surface area contributed by atoms with Crippen molar-refractivity contribution in [3.05, 3.63) is 22.4 Å². The van der Waals surface area contributed by atoms with Crippen molar-refractivity contribution < 1.29 is 19.8 Å². The maximum absolute atomic E-state index is 12.1. The van der Waals surface area contributed by atoms with Crippen LogP contribution in [0.2, 0.25) is 0 Å². The molecule has 1 aliphatic heterocycles. The maximum Gasteiger partial charge on any atom is 0.326 e. The number of aliphatic hydroxyl groups excluding tert-OH is 1. The Hall–Kier alpha value is -1.60. The van der Waals surface area contributed by atoms with Crippen LogP contribution in [0.3, 0.4) is 0 Å². The third-order valence-electron chi connectivity index (χ3n) is 3.21. The van der Waals surface area contributed by atoms with Gasteiger partial charge in [0.1, 0.15) is 6.04 Å². The monoisotopic (exact) mass is 284 g/mol. The van der Waals surface area contributed by atoms with Crippen LogP contribution in [0.4, 0.5) is 4.79 Å². The van der Waals surface area contributed by atoms with E-state index in [0.717, 1.165) is 5.56 Å². The van der Waals surface area contributed by atoms with E-state index in [1.807, 2.05) is 23.8 Å². The summed E-state index contributed by atoms with van der Waals surface area (Å²) in [6, 6.07) is 0.307. The molecule has 0 saturated carbocycles. The molecule has 2 heterocycles. The van der Waals surface area contributed by atoms with Gasteiger partial charge in [0.15, 0.2) is 0 Å². The lowest BCUT2D eigenvalue weighted by Crippen LogP contribution is -2.46. The highest BCUT2D eigenvalue weighted by molar-refractivity contribution is 7.07. The van der Waals surface area contributed by atoms with E-state index in [4.69, 9.17) is 5.11 Å². The van der Waals surface area contributed by atoms with Gasteiger partial charge >= 0.3 is 12.0 Å². The normalized spacial score (nSPS) is 24.2. The van der Waals surface area contributed by atoms with E-state index < -0.39 is 24.1 Å². The van der Waals surface area contributed by atoms with Gasteiger partial charge in [-0.15, -0.1) is 0 Å². The van der Waals surface area contributed by atoms with E-state index in [1.165, 1.54) is 16.2 Å². The minimum absolute atomic E-state index is 0.0547. The number of thiophene rings is 1. The number of nitrogens with zero attached hydrogens (tertiary/aromatic N) is 1. The zero-order valence-corrected chi connectivity index (χ0v) is 11.3. The number of aliphatic carboxylic acids is 1. The summed E-state index contributed by atoms with van der Waals surface area (Å²) in [5.41, 5.74) is 0.977. The Morgan fingerprint density at radius 1 is 1.58 bits per heavy atom. The first-order chi connectivity index (χ1) is 8.99. The fourth-order valence-electron chi connectivity index (χ4n) is 2.15. The average molecular weight is 284 g/mol. The van der Waals surface area contributed by atoms with Crippen molar-refractivity contribution in [1.82, 2.24) is 10.2 Å². The zero-order valence-electron chi connectivity index (χ0n) is 10.4. The summed E-state index contributed by atoms with van der Waals surface area (Å²) in [6.45, 7) is 1.89. The van der Waals surface area contributed by atoms with Crippen LogP contribution in [0.1, 0.15) is 24.9 Å². The molecule has 3 atom stereocenters. The molecule has 19 heavy (non-hydrogen) atoms. The van der Waals surface area contributed by atoms with Gasteiger partial charge < -0.3 is 20.4 Å². The molecule has 2 unspecified atom stereocenters. The van der Waals surface area contributed by atoms with Gasteiger partial charge in [-0.1, -0.05) is 0 Å². The smallest absolute Gasteiger partial charge is 0.326 e. The molecule has 2 amide bonds. The quantitative estimate of drug-likeness (QED) is 0.773. The van der Waals surface area contributed by atoms with Gasteiger partial charge in [0.05, 0.1) is 12.1 Å². The maximum atomic E-state index is 12.1. The number of β-amino-alcohol motifs (C(OH)–C–C–N with tert-alkyl or cyclic N) is 1. The fourth-order valence-corrected chi connectivity index (χ4v) is 2.90. The molecule has 0 aromatic carbocycles.